The lowest BCUT2D eigenvalue weighted by atomic mass is 9.75. The molecule has 0 spiro atoms. The monoisotopic (exact) mass is 1800 g/mol. The Balaban J connectivity index is 0.000000107. The summed E-state index contributed by atoms with van der Waals surface area (Å²) in [5.74, 6) is 6.96. The lowest BCUT2D eigenvalue weighted by molar-refractivity contribution is -0.666. The Morgan fingerprint density at radius 2 is 0.551 bits per heavy atom. The molecule has 138 heavy (non-hydrogen) atoms. The summed E-state index contributed by atoms with van der Waals surface area (Å²) in [6.45, 7) is 38.0. The molecule has 0 fully saturated rings. The van der Waals surface area contributed by atoms with Gasteiger partial charge in [0.15, 0.2) is 0 Å². The van der Waals surface area contributed by atoms with Gasteiger partial charge in [0.2, 0.25) is 0 Å². The molecular formula is C128H125N10+5. The first-order valence-electron chi connectivity index (χ1n) is 48.8. The van der Waals surface area contributed by atoms with Gasteiger partial charge in [0, 0.05) is 106 Å². The predicted molar refractivity (Wildman–Crippen MR) is 579 cm³/mol. The van der Waals surface area contributed by atoms with E-state index in [1.165, 1.54) is 255 Å². The van der Waals surface area contributed by atoms with Gasteiger partial charge in [0.1, 0.15) is 55.2 Å². The van der Waals surface area contributed by atoms with Gasteiger partial charge in [-0.05, 0) is 292 Å². The van der Waals surface area contributed by atoms with Crippen LogP contribution in [0.1, 0.15) is 137 Å². The third-order valence-corrected chi connectivity index (χ3v) is 29.3. The van der Waals surface area contributed by atoms with Crippen LogP contribution in [-0.4, -0.2) is 22.8 Å². The molecule has 1 aliphatic heterocycles. The summed E-state index contributed by atoms with van der Waals surface area (Å²) in [6, 6.07) is 115. The van der Waals surface area contributed by atoms with Crippen LogP contribution in [0.15, 0.2) is 346 Å². The van der Waals surface area contributed by atoms with Crippen LogP contribution in [0.4, 0.5) is 0 Å². The average molecular weight is 1800 g/mol. The van der Waals surface area contributed by atoms with E-state index in [4.69, 9.17) is 0 Å². The lowest BCUT2D eigenvalue weighted by Gasteiger charge is -2.30. The van der Waals surface area contributed by atoms with Crippen molar-refractivity contribution in [1.29, 1.82) is 0 Å². The second-order valence-electron chi connectivity index (χ2n) is 39.7. The maximum Gasteiger partial charge on any atom is 0.290 e. The molecule has 13 aromatic carbocycles. The highest BCUT2D eigenvalue weighted by Crippen LogP contribution is 2.48. The smallest absolute Gasteiger partial charge is 0.237 e. The number of pyridine rings is 5. The number of nitrogens with zero attached hydrogens (tertiary/aromatic N) is 10. The molecule has 0 saturated carbocycles. The normalized spacial score (nSPS) is 12.2. The van der Waals surface area contributed by atoms with Crippen molar-refractivity contribution in [2.45, 2.75) is 135 Å². The molecule has 0 saturated heterocycles. The minimum Gasteiger partial charge on any atom is -0.237 e. The zero-order valence-electron chi connectivity index (χ0n) is 84.0. The maximum absolute atomic E-state index is 2.48. The minimum atomic E-state index is -0.00779. The van der Waals surface area contributed by atoms with Crippen molar-refractivity contribution in [3.8, 4) is 62.5 Å². The fourth-order valence-corrected chi connectivity index (χ4v) is 22.7. The topological polar surface area (TPSA) is 44.0 Å². The fraction of sp³-hybridized carbons (Fsp3) is 0.195. The van der Waals surface area contributed by atoms with Gasteiger partial charge in [0.25, 0.3) is 29.1 Å². The van der Waals surface area contributed by atoms with E-state index in [2.05, 4.69) is 545 Å². The fourth-order valence-electron chi connectivity index (χ4n) is 22.7. The highest BCUT2D eigenvalue weighted by molar-refractivity contribution is 6.15. The number of rotatable bonds is 9. The number of benzene rings is 13. The van der Waals surface area contributed by atoms with Gasteiger partial charge in [0.05, 0.1) is 71.8 Å². The van der Waals surface area contributed by atoms with Crippen molar-refractivity contribution in [3.63, 3.8) is 0 Å². The Morgan fingerprint density at radius 1 is 0.232 bits per heavy atom. The molecule has 10 aromatic heterocycles. The number of hydrogen-bond donors (Lipinski definition) is 0. The minimum absolute atomic E-state index is 0.00779. The predicted octanol–water partition coefficient (Wildman–Crippen LogP) is 29.3. The van der Waals surface area contributed by atoms with E-state index in [9.17, 15) is 0 Å². The van der Waals surface area contributed by atoms with Crippen molar-refractivity contribution in [2.24, 2.45) is 35.2 Å². The van der Waals surface area contributed by atoms with Gasteiger partial charge in [-0.25, -0.2) is 22.8 Å². The number of aromatic nitrogens is 10. The Hall–Kier alpha value is -15.4. The van der Waals surface area contributed by atoms with Crippen molar-refractivity contribution < 1.29 is 22.8 Å². The molecule has 0 radical (unpaired) electrons. The molecule has 23 aromatic rings. The standard InChI is InChI=1S/C31H33N2.C28H27N2.C27H25N2.C22H21N2.C20H19N2/c1-20(2)24-13-10-14-25(21(3)4)30(24)23-17-18-29(32(6)19-23)33-28-16-8-7-12-26(28)27-15-9-11-22(5)31(27)33;1-18-10-8-11-19(2)27(18)24-17-29(5)26(16-21(24)4)30-25-15-7-6-13-22(25)23-14-9-12-20(3)28(23)30;1-18-9-7-10-19(2)26(18)21-15-16-25(28(4)17-21)29-24-14-6-5-12-22(24)23-13-8-11-20(3)27(23)29;1-14-8-5-9-15-16-10-6-11-17-20(16)24(19(14)15)21-18(22(17,2)3)12-7-13-23(21)4;1-14-11-12-21(3)19(13-14)22-18-10-5-4-8-16(18)17-9-6-7-15(2)20(17)22/h7-21H,1-6H3;6-17H,1-5H3;5-17H,1-4H3;5-13H,1-4H3;4-13H,1-3H3/q5*+1. The van der Waals surface area contributed by atoms with Crippen LogP contribution >= 0.6 is 0 Å². The maximum atomic E-state index is 2.48. The van der Waals surface area contributed by atoms with Crippen LogP contribution in [0.5, 0.6) is 0 Å². The van der Waals surface area contributed by atoms with E-state index in [0.29, 0.717) is 11.8 Å². The molecule has 0 aliphatic carbocycles. The second-order valence-corrected chi connectivity index (χ2v) is 39.7. The second kappa shape index (κ2) is 36.0. The van der Waals surface area contributed by atoms with Crippen LogP contribution in [0.2, 0.25) is 0 Å². The SMILES string of the molecule is Cc1cc(-n2c3ccccc3c3cccc(C)c32)[n+](C)cc1-c1c(C)cccc1C.Cc1cc[n+](C)c(-n2c3ccccc3c3cccc(C)c32)c1.Cc1cccc(C)c1-c1ccc(-n2c3ccccc3c3cccc(C)c32)[n+](C)c1.Cc1cccc2c3cccc4c3n(c12)-c1c(ccc[n+]1C)C4(C)C.Cc1cccc2c3ccccc3n(-c3ccc(-c4c(C(C)C)cccc4C(C)C)c[n+]3C)c12. The Kier molecular flexibility index (Phi) is 23.6. The molecule has 682 valence electrons. The molecule has 0 N–H and O–H groups in total. The number of hydrogen-bond acceptors (Lipinski definition) is 0. The highest BCUT2D eigenvalue weighted by Gasteiger charge is 2.42. The number of fused-ring (bicyclic) bond motifs is 17. The van der Waals surface area contributed by atoms with E-state index < -0.39 is 0 Å². The highest BCUT2D eigenvalue weighted by atomic mass is 15.2. The van der Waals surface area contributed by atoms with Crippen molar-refractivity contribution >= 4 is 109 Å². The molecule has 0 unspecified atom stereocenters. The van der Waals surface area contributed by atoms with Gasteiger partial charge in [-0.15, -0.1) is 0 Å². The largest absolute Gasteiger partial charge is 0.290 e. The molecule has 10 nitrogen and oxygen atoms in total. The zero-order chi connectivity index (χ0) is 96.3. The first-order chi connectivity index (χ1) is 66.6. The first kappa shape index (κ1) is 90.4. The first-order valence-corrected chi connectivity index (χ1v) is 48.8. The summed E-state index contributed by atoms with van der Waals surface area (Å²) in [4.78, 5) is 0. The average Bonchev–Trinajstić information content (AvgIpc) is 1.51. The molecular weight excluding hydrogens is 1680 g/mol. The van der Waals surface area contributed by atoms with E-state index in [0.717, 1.165) is 0 Å². The van der Waals surface area contributed by atoms with Gasteiger partial charge in [-0.1, -0.05) is 217 Å². The van der Waals surface area contributed by atoms with Crippen molar-refractivity contribution in [3.05, 3.63) is 430 Å². The third kappa shape index (κ3) is 15.3. The molecule has 0 amide bonds. The van der Waals surface area contributed by atoms with Gasteiger partial charge >= 0.3 is 0 Å². The number of para-hydroxylation sites is 10. The van der Waals surface area contributed by atoms with Crippen LogP contribution in [0, 0.1) is 76.2 Å². The van der Waals surface area contributed by atoms with Crippen molar-refractivity contribution in [2.75, 3.05) is 0 Å². The summed E-state index contributed by atoms with van der Waals surface area (Å²) >= 11 is 0. The Morgan fingerprint density at radius 3 is 0.964 bits per heavy atom. The van der Waals surface area contributed by atoms with E-state index >= 15 is 0 Å². The van der Waals surface area contributed by atoms with E-state index in [-0.39, 0.29) is 5.41 Å². The van der Waals surface area contributed by atoms with Crippen LogP contribution in [0.3, 0.4) is 0 Å². The van der Waals surface area contributed by atoms with Crippen molar-refractivity contribution in [1.82, 2.24) is 22.8 Å². The quantitative estimate of drug-likeness (QED) is 0.129. The summed E-state index contributed by atoms with van der Waals surface area (Å²) in [5.41, 5.74) is 40.7. The summed E-state index contributed by atoms with van der Waals surface area (Å²) in [7, 11) is 10.7. The zero-order valence-corrected chi connectivity index (χ0v) is 84.0. The summed E-state index contributed by atoms with van der Waals surface area (Å²) < 4.78 is 23.4. The van der Waals surface area contributed by atoms with Crippen LogP contribution < -0.4 is 22.8 Å². The van der Waals surface area contributed by atoms with Crippen LogP contribution in [-0.2, 0) is 40.7 Å². The number of aryl methyl sites for hydroxylation is 16. The van der Waals surface area contributed by atoms with E-state index in [1.807, 2.05) is 0 Å². The van der Waals surface area contributed by atoms with E-state index in [1.54, 1.807) is 0 Å². The Labute approximate surface area is 811 Å². The lowest BCUT2D eigenvalue weighted by Crippen LogP contribution is -2.40. The van der Waals surface area contributed by atoms with Gasteiger partial charge < -0.3 is 0 Å². The molecule has 1 aliphatic rings. The van der Waals surface area contributed by atoms with Crippen LogP contribution in [0.25, 0.3) is 171 Å². The van der Waals surface area contributed by atoms with Gasteiger partial charge in [-0.3, -0.25) is 0 Å². The molecule has 0 atom stereocenters. The Bertz CT molecular complexity index is 8760. The molecule has 0 bridgehead atoms. The summed E-state index contributed by atoms with van der Waals surface area (Å²) in [6.07, 6.45) is 11.1. The summed E-state index contributed by atoms with van der Waals surface area (Å²) in [5, 5.41) is 13.1. The van der Waals surface area contributed by atoms with Gasteiger partial charge in [-0.2, -0.15) is 22.8 Å². The molecule has 24 rings (SSSR count). The molecule has 11 heterocycles. The molecule has 10 heteroatoms. The third-order valence-electron chi connectivity index (χ3n) is 29.3.